The van der Waals surface area contributed by atoms with Gasteiger partial charge in [0.15, 0.2) is 0 Å². The molecule has 1 N–H and O–H groups in total. The largest absolute Gasteiger partial charge is 0.379 e. The third-order valence-electron chi connectivity index (χ3n) is 7.92. The Labute approximate surface area is 333 Å². The van der Waals surface area contributed by atoms with E-state index in [1.165, 1.54) is 71.1 Å². The Morgan fingerprint density at radius 1 is 0.811 bits per heavy atom. The van der Waals surface area contributed by atoms with Crippen molar-refractivity contribution in [1.82, 2.24) is 39.6 Å². The highest BCUT2D eigenvalue weighted by Gasteiger charge is 2.30. The fourth-order valence-corrected chi connectivity index (χ4v) is 5.29. The van der Waals surface area contributed by atoms with Crippen LogP contribution in [-0.4, -0.2) is 167 Å². The number of hydrogen-bond acceptors (Lipinski definition) is 8. The Kier molecular flexibility index (Phi) is 51.9. The van der Waals surface area contributed by atoms with E-state index in [1.54, 1.807) is 24.7 Å². The molecule has 5 aliphatic heterocycles. The van der Waals surface area contributed by atoms with E-state index in [0.717, 1.165) is 32.2 Å². The van der Waals surface area contributed by atoms with Gasteiger partial charge in [0.25, 0.3) is 0 Å². The first kappa shape index (κ1) is 66.2. The van der Waals surface area contributed by atoms with Gasteiger partial charge in [0.1, 0.15) is 5.67 Å². The van der Waals surface area contributed by atoms with E-state index in [4.69, 9.17) is 4.74 Å². The van der Waals surface area contributed by atoms with Crippen molar-refractivity contribution < 1.29 is 13.9 Å². The number of carbonyl (C=O) groups is 1. The lowest BCUT2D eigenvalue weighted by Crippen LogP contribution is -2.24. The number of carbonyl (C=O) groups excluding carboxylic acids is 1. The van der Waals surface area contributed by atoms with E-state index in [9.17, 15) is 9.18 Å². The molecule has 1 aromatic heterocycles. The lowest BCUT2D eigenvalue weighted by atomic mass is 10.1. The van der Waals surface area contributed by atoms with Crippen LogP contribution in [0.4, 0.5) is 4.39 Å². The number of rotatable bonds is 0. The normalized spacial score (nSPS) is 22.4. The Hall–Kier alpha value is -1.63. The molecule has 0 saturated carbocycles. The second kappa shape index (κ2) is 41.5. The predicted octanol–water partition coefficient (Wildman–Crippen LogP) is 8.15. The number of alkyl halides is 1. The molecular weight excluding hydrogens is 668 g/mol. The van der Waals surface area contributed by atoms with Crippen LogP contribution in [0, 0.1) is 5.92 Å². The van der Waals surface area contributed by atoms with Crippen LogP contribution in [0.3, 0.4) is 0 Å². The number of nitrogens with one attached hydrogen (secondary N) is 1. The van der Waals surface area contributed by atoms with Gasteiger partial charge in [-0.05, 0) is 153 Å². The summed E-state index contributed by atoms with van der Waals surface area (Å²) in [7, 11) is 17.9. The highest BCUT2D eigenvalue weighted by atomic mass is 19.1. The smallest absolute Gasteiger partial charge is 0.219 e. The number of ether oxygens (including phenoxy) is 1. The fraction of sp³-hybridized carbons (Fsp3) is 0.905. The van der Waals surface area contributed by atoms with Crippen LogP contribution in [0.5, 0.6) is 0 Å². The molecule has 326 valence electrons. The first-order valence-corrected chi connectivity index (χ1v) is 18.3. The van der Waals surface area contributed by atoms with Gasteiger partial charge >= 0.3 is 0 Å². The van der Waals surface area contributed by atoms with Gasteiger partial charge in [0.05, 0.1) is 6.10 Å². The van der Waals surface area contributed by atoms with Crippen LogP contribution in [0.1, 0.15) is 116 Å². The number of hydrogen-bond donors (Lipinski definition) is 1. The molecule has 3 unspecified atom stereocenters. The zero-order chi connectivity index (χ0) is 37.0. The van der Waals surface area contributed by atoms with Crippen molar-refractivity contribution in [1.29, 1.82) is 0 Å². The fourth-order valence-electron chi connectivity index (χ4n) is 5.29. The standard InChI is InChI=1S/C6H12FN.C6H11NO.C6H13N.C5H11N.C5H10O.C4H6N2.C3H9N.C2H7N.5CH4/c1-6(7)3-4-8(2)5-6;1-6(8)7-4-2-3-5-7;1-6-3-4-7(2)5-6;1-6-4-2-3-5-6;1-5-3-2-4-6-5;1-6-4-2-3-5-6;1-4(2)3;1-3-2;;;;;/h3-5H2,1-2H3;2-5H2,1H3;6H,3-5H2,1-2H3;2-5H2,1H3;5H,2-4H2,1H3;2-4H,1H3;1-3H3;3H,1-2H3;5*1H4. The Morgan fingerprint density at radius 3 is 1.43 bits per heavy atom. The number of aryl methyl sites for hydroxylation is 1. The van der Waals surface area contributed by atoms with Crippen LogP contribution < -0.4 is 5.32 Å². The van der Waals surface area contributed by atoms with Crippen molar-refractivity contribution in [3.05, 3.63) is 18.5 Å². The summed E-state index contributed by atoms with van der Waals surface area (Å²) in [6, 6.07) is 1.89. The van der Waals surface area contributed by atoms with Gasteiger partial charge < -0.3 is 34.6 Å². The predicted molar refractivity (Wildman–Crippen MR) is 237 cm³/mol. The van der Waals surface area contributed by atoms with E-state index in [-0.39, 0.29) is 43.0 Å². The molecule has 5 fully saturated rings. The molecule has 1 aromatic rings. The van der Waals surface area contributed by atoms with Gasteiger partial charge in [0, 0.05) is 65.7 Å². The maximum Gasteiger partial charge on any atom is 0.219 e. The Balaban J connectivity index is -0.0000000913. The molecule has 6 rings (SSSR count). The lowest BCUT2D eigenvalue weighted by Gasteiger charge is -2.10. The molecule has 53 heavy (non-hydrogen) atoms. The van der Waals surface area contributed by atoms with E-state index in [2.05, 4.69) is 48.2 Å². The molecule has 0 aliphatic carbocycles. The van der Waals surface area contributed by atoms with Crippen molar-refractivity contribution in [3.63, 3.8) is 0 Å². The van der Waals surface area contributed by atoms with Gasteiger partial charge in [-0.2, -0.15) is 5.10 Å². The average molecular weight is 767 g/mol. The second-order valence-corrected chi connectivity index (χ2v) is 14.6. The number of likely N-dealkylation sites (tertiary alicyclic amines) is 4. The Morgan fingerprint density at radius 2 is 1.30 bits per heavy atom. The second-order valence-electron chi connectivity index (χ2n) is 14.6. The summed E-state index contributed by atoms with van der Waals surface area (Å²) < 4.78 is 19.7. The van der Waals surface area contributed by atoms with Crippen LogP contribution in [-0.2, 0) is 16.6 Å². The zero-order valence-electron chi connectivity index (χ0n) is 33.7. The summed E-state index contributed by atoms with van der Waals surface area (Å²) in [6.07, 6.45) is 14.0. The summed E-state index contributed by atoms with van der Waals surface area (Å²) in [6.45, 7) is 17.4. The van der Waals surface area contributed by atoms with Crippen molar-refractivity contribution in [2.75, 3.05) is 115 Å². The van der Waals surface area contributed by atoms with Crippen molar-refractivity contribution >= 4 is 5.91 Å². The molecular formula is C42H99FN8O2. The summed E-state index contributed by atoms with van der Waals surface area (Å²) in [5.41, 5.74) is -0.908. The van der Waals surface area contributed by atoms with Crippen molar-refractivity contribution in [3.8, 4) is 0 Å². The minimum absolute atomic E-state index is 0. The first-order valence-electron chi connectivity index (χ1n) is 18.3. The van der Waals surface area contributed by atoms with Crippen LogP contribution in [0.2, 0.25) is 0 Å². The molecule has 6 heterocycles. The SMILES string of the molecule is C.C.C.C.C.CC(=O)N1CCCC1.CC1CCCO1.CC1CCN(C)C1.CN(C)C.CN1CCC(C)(F)C1.CN1CCCC1.CNC.Cn1cccn1. The first-order chi connectivity index (χ1) is 22.5. The molecule has 0 spiro atoms. The molecule has 5 aliphatic rings. The van der Waals surface area contributed by atoms with E-state index >= 15 is 0 Å². The third-order valence-corrected chi connectivity index (χ3v) is 7.92. The van der Waals surface area contributed by atoms with Crippen LogP contribution in [0.25, 0.3) is 0 Å². The number of nitrogens with zero attached hydrogens (tertiary/aromatic N) is 7. The Bertz CT molecular complexity index is 802. The third kappa shape index (κ3) is 46.4. The minimum Gasteiger partial charge on any atom is -0.379 e. The summed E-state index contributed by atoms with van der Waals surface area (Å²) in [4.78, 5) is 21.2. The van der Waals surface area contributed by atoms with Crippen molar-refractivity contribution in [2.45, 2.75) is 128 Å². The number of halogens is 1. The van der Waals surface area contributed by atoms with Gasteiger partial charge in [-0.15, -0.1) is 0 Å². The summed E-state index contributed by atoms with van der Waals surface area (Å²) in [5.74, 6) is 1.17. The molecule has 0 aromatic carbocycles. The molecule has 10 nitrogen and oxygen atoms in total. The quantitative estimate of drug-likeness (QED) is 0.284. The number of aromatic nitrogens is 2. The molecule has 0 radical (unpaired) electrons. The van der Waals surface area contributed by atoms with E-state index in [0.29, 0.717) is 19.1 Å². The molecule has 3 atom stereocenters. The molecule has 11 heteroatoms. The van der Waals surface area contributed by atoms with Gasteiger partial charge in [-0.3, -0.25) is 9.48 Å². The van der Waals surface area contributed by atoms with Gasteiger partial charge in [0.2, 0.25) is 5.91 Å². The highest BCUT2D eigenvalue weighted by molar-refractivity contribution is 5.73. The summed E-state index contributed by atoms with van der Waals surface area (Å²) >= 11 is 0. The zero-order valence-corrected chi connectivity index (χ0v) is 33.7. The molecule has 1 amide bonds. The summed E-state index contributed by atoms with van der Waals surface area (Å²) in [5, 5.41) is 6.58. The maximum atomic E-state index is 12.8. The van der Waals surface area contributed by atoms with Gasteiger partial charge in [-0.1, -0.05) is 44.1 Å². The monoisotopic (exact) mass is 767 g/mol. The molecule has 5 saturated heterocycles. The maximum absolute atomic E-state index is 12.8. The topological polar surface area (TPSA) is 72.4 Å². The highest BCUT2D eigenvalue weighted by Crippen LogP contribution is 2.22. The lowest BCUT2D eigenvalue weighted by molar-refractivity contribution is -0.127. The van der Waals surface area contributed by atoms with E-state index in [1.807, 2.05) is 76.3 Å². The van der Waals surface area contributed by atoms with E-state index < -0.39 is 5.67 Å². The number of amides is 1. The molecule has 0 bridgehead atoms. The average Bonchev–Trinajstić information content (AvgIpc) is 3.83. The van der Waals surface area contributed by atoms with Crippen molar-refractivity contribution in [2.24, 2.45) is 13.0 Å². The van der Waals surface area contributed by atoms with Gasteiger partial charge in [-0.25, -0.2) is 4.39 Å². The van der Waals surface area contributed by atoms with Crippen LogP contribution in [0.15, 0.2) is 18.5 Å². The minimum atomic E-state index is -0.908. The van der Waals surface area contributed by atoms with Crippen LogP contribution >= 0.6 is 0 Å².